The first-order chi connectivity index (χ1) is 20.0. The number of urea groups is 1. The van der Waals surface area contributed by atoms with E-state index in [1.54, 1.807) is 26.5 Å². The number of piperazine rings is 1. The standard InChI is InChI=1S/C27H30N10O3S/c1-2-11-35-16-24(38)36-20(12-22-30-32-33-31-22)26(39)34(14-19-9-6-10-21-25(19)29-17-41-21)15-23(36)37(35)27(40)28-13-18-7-4-3-5-8-18/h2-10,17,20,23,32-33H,1,11-16H2,(H,28,40)(H,30,31)/t20-,23-/m0/s1. The van der Waals surface area contributed by atoms with E-state index in [1.807, 2.05) is 48.5 Å². The van der Waals surface area contributed by atoms with Crippen LogP contribution < -0.4 is 21.8 Å². The Morgan fingerprint density at radius 1 is 1.17 bits per heavy atom. The predicted molar refractivity (Wildman–Crippen MR) is 153 cm³/mol. The summed E-state index contributed by atoms with van der Waals surface area (Å²) in [6.45, 7) is 4.77. The van der Waals surface area contributed by atoms with Gasteiger partial charge >= 0.3 is 6.03 Å². The van der Waals surface area contributed by atoms with Crippen molar-refractivity contribution < 1.29 is 14.4 Å². The molecule has 6 rings (SSSR count). The number of para-hydroxylation sites is 1. The molecule has 212 valence electrons. The van der Waals surface area contributed by atoms with Crippen molar-refractivity contribution in [3.8, 4) is 0 Å². The lowest BCUT2D eigenvalue weighted by Gasteiger charge is -2.55. The first-order valence-corrected chi connectivity index (χ1v) is 14.1. The Hall–Kier alpha value is -4.53. The summed E-state index contributed by atoms with van der Waals surface area (Å²) in [6, 6.07) is 14.3. The van der Waals surface area contributed by atoms with Crippen LogP contribution >= 0.6 is 11.3 Å². The van der Waals surface area contributed by atoms with Crippen LogP contribution in [0.25, 0.3) is 10.2 Å². The highest BCUT2D eigenvalue weighted by atomic mass is 32.1. The molecular formula is C27H30N10O3S. The maximum atomic E-state index is 14.0. The van der Waals surface area contributed by atoms with E-state index in [2.05, 4.69) is 38.5 Å². The van der Waals surface area contributed by atoms with Crippen molar-refractivity contribution in [2.45, 2.75) is 31.7 Å². The van der Waals surface area contributed by atoms with Crippen LogP contribution in [-0.2, 0) is 22.7 Å². The van der Waals surface area contributed by atoms with E-state index in [0.29, 0.717) is 12.4 Å². The smallest absolute Gasteiger partial charge is 0.333 e. The van der Waals surface area contributed by atoms with Crippen molar-refractivity contribution in [3.63, 3.8) is 0 Å². The van der Waals surface area contributed by atoms with Crippen LogP contribution in [0.5, 0.6) is 0 Å². The normalized spacial score (nSPS) is 20.9. The van der Waals surface area contributed by atoms with Crippen LogP contribution in [0.15, 0.2) is 71.8 Å². The molecule has 0 unspecified atom stereocenters. The number of hydrazine groups is 3. The lowest BCUT2D eigenvalue weighted by atomic mass is 10.0. The number of carbonyl (C=O) groups is 3. The molecule has 1 aromatic heterocycles. The van der Waals surface area contributed by atoms with Crippen LogP contribution in [0.1, 0.15) is 17.5 Å². The summed E-state index contributed by atoms with van der Waals surface area (Å²) in [5.74, 6) is 0.00933. The maximum Gasteiger partial charge on any atom is 0.334 e. The van der Waals surface area contributed by atoms with Gasteiger partial charge in [-0.25, -0.2) is 25.3 Å². The zero-order valence-electron chi connectivity index (χ0n) is 22.2. The number of nitrogens with one attached hydrogen (secondary N) is 4. The second-order valence-electron chi connectivity index (χ2n) is 9.88. The maximum absolute atomic E-state index is 14.0. The third kappa shape index (κ3) is 5.31. The molecule has 2 atom stereocenters. The fourth-order valence-electron chi connectivity index (χ4n) is 5.48. The van der Waals surface area contributed by atoms with Gasteiger partial charge in [-0.1, -0.05) is 48.5 Å². The van der Waals surface area contributed by atoms with Gasteiger partial charge in [0.15, 0.2) is 0 Å². The van der Waals surface area contributed by atoms with E-state index in [4.69, 9.17) is 0 Å². The first kappa shape index (κ1) is 26.7. The molecule has 4 heterocycles. The molecular weight excluding hydrogens is 544 g/mol. The van der Waals surface area contributed by atoms with Gasteiger partial charge in [-0.05, 0) is 17.2 Å². The van der Waals surface area contributed by atoms with Crippen molar-refractivity contribution in [3.05, 3.63) is 77.8 Å². The quantitative estimate of drug-likeness (QED) is 0.294. The van der Waals surface area contributed by atoms with Gasteiger partial charge in [-0.3, -0.25) is 15.0 Å². The molecule has 14 heteroatoms. The SMILES string of the molecule is C=CCN1CC(=O)N2[C@@H](CC3=NNNN3)C(=O)N(Cc3cccc4scnc34)C[C@@H]2N1C(=O)NCc1ccccc1. The van der Waals surface area contributed by atoms with Crippen LogP contribution in [0.4, 0.5) is 4.79 Å². The number of hydrogen-bond acceptors (Lipinski definition) is 10. The molecule has 0 radical (unpaired) electrons. The Morgan fingerprint density at radius 3 is 2.80 bits per heavy atom. The Kier molecular flexibility index (Phi) is 7.50. The highest BCUT2D eigenvalue weighted by Crippen LogP contribution is 2.30. The fraction of sp³-hybridized carbons (Fsp3) is 0.296. The number of carbonyl (C=O) groups excluding carboxylic acids is 3. The third-order valence-corrected chi connectivity index (χ3v) is 8.10. The number of amides is 4. The van der Waals surface area contributed by atoms with Crippen LogP contribution in [-0.4, -0.2) is 80.3 Å². The molecule has 0 aliphatic carbocycles. The van der Waals surface area contributed by atoms with Gasteiger partial charge in [0.1, 0.15) is 18.0 Å². The highest BCUT2D eigenvalue weighted by Gasteiger charge is 2.51. The van der Waals surface area contributed by atoms with Gasteiger partial charge in [0.05, 0.1) is 28.8 Å². The van der Waals surface area contributed by atoms with Gasteiger partial charge in [-0.15, -0.1) is 28.6 Å². The largest absolute Gasteiger partial charge is 0.334 e. The number of fused-ring (bicyclic) bond motifs is 2. The van der Waals surface area contributed by atoms with E-state index in [9.17, 15) is 14.4 Å². The molecule has 2 aromatic carbocycles. The second kappa shape index (κ2) is 11.5. The molecule has 0 spiro atoms. The average molecular weight is 575 g/mol. The van der Waals surface area contributed by atoms with Crippen LogP contribution in [0.3, 0.4) is 0 Å². The predicted octanol–water partition coefficient (Wildman–Crippen LogP) is 1.11. The van der Waals surface area contributed by atoms with E-state index < -0.39 is 12.2 Å². The monoisotopic (exact) mass is 574 g/mol. The van der Waals surface area contributed by atoms with Gasteiger partial charge in [0.25, 0.3) is 0 Å². The van der Waals surface area contributed by atoms with Gasteiger partial charge < -0.3 is 15.1 Å². The van der Waals surface area contributed by atoms with E-state index >= 15 is 0 Å². The molecule has 3 aliphatic heterocycles. The van der Waals surface area contributed by atoms with Crippen LogP contribution in [0.2, 0.25) is 0 Å². The molecule has 13 nitrogen and oxygen atoms in total. The van der Waals surface area contributed by atoms with E-state index in [0.717, 1.165) is 21.3 Å². The summed E-state index contributed by atoms with van der Waals surface area (Å²) < 4.78 is 1.03. The lowest BCUT2D eigenvalue weighted by molar-refractivity contribution is -0.189. The average Bonchev–Trinajstić information content (AvgIpc) is 3.68. The van der Waals surface area contributed by atoms with Gasteiger partial charge in [-0.2, -0.15) is 0 Å². The van der Waals surface area contributed by atoms with Gasteiger partial charge in [0.2, 0.25) is 11.8 Å². The molecule has 4 N–H and O–H groups in total. The zero-order chi connectivity index (χ0) is 28.3. The zero-order valence-corrected chi connectivity index (χ0v) is 23.0. The number of hydrogen-bond donors (Lipinski definition) is 4. The summed E-state index contributed by atoms with van der Waals surface area (Å²) in [5, 5.41) is 10.4. The molecule has 3 aromatic rings. The van der Waals surface area contributed by atoms with E-state index in [-0.39, 0.29) is 50.4 Å². The van der Waals surface area contributed by atoms with Crippen molar-refractivity contribution in [2.75, 3.05) is 19.6 Å². The fourth-order valence-corrected chi connectivity index (χ4v) is 6.20. The number of aromatic nitrogens is 1. The van der Waals surface area contributed by atoms with Crippen molar-refractivity contribution in [1.29, 1.82) is 0 Å². The summed E-state index contributed by atoms with van der Waals surface area (Å²) in [5.41, 5.74) is 12.6. The number of amidine groups is 1. The van der Waals surface area contributed by atoms with Crippen molar-refractivity contribution in [1.82, 2.24) is 46.6 Å². The highest BCUT2D eigenvalue weighted by molar-refractivity contribution is 7.16. The number of nitrogens with zero attached hydrogens (tertiary/aromatic N) is 6. The van der Waals surface area contributed by atoms with E-state index in [1.165, 1.54) is 16.2 Å². The minimum atomic E-state index is -0.876. The molecule has 0 saturated carbocycles. The van der Waals surface area contributed by atoms with Crippen molar-refractivity contribution >= 4 is 45.2 Å². The number of benzene rings is 2. The Balaban J connectivity index is 1.34. The Morgan fingerprint density at radius 2 is 2.02 bits per heavy atom. The lowest BCUT2D eigenvalue weighted by Crippen LogP contribution is -2.76. The molecule has 4 amide bonds. The Labute approximate surface area is 240 Å². The molecule has 41 heavy (non-hydrogen) atoms. The summed E-state index contributed by atoms with van der Waals surface area (Å²) >= 11 is 1.54. The third-order valence-electron chi connectivity index (χ3n) is 7.31. The van der Waals surface area contributed by atoms with Crippen molar-refractivity contribution in [2.24, 2.45) is 5.10 Å². The number of rotatable bonds is 8. The topological polar surface area (TPSA) is 138 Å². The summed E-state index contributed by atoms with van der Waals surface area (Å²) in [7, 11) is 0. The number of hydrazone groups is 1. The number of thiazole rings is 1. The molecule has 2 fully saturated rings. The molecule has 0 bridgehead atoms. The first-order valence-electron chi connectivity index (χ1n) is 13.2. The summed E-state index contributed by atoms with van der Waals surface area (Å²) in [4.78, 5) is 49.2. The Bertz CT molecular complexity index is 1490. The molecule has 2 saturated heterocycles. The molecule has 3 aliphatic rings. The van der Waals surface area contributed by atoms with Crippen LogP contribution in [0, 0.1) is 0 Å². The summed E-state index contributed by atoms with van der Waals surface area (Å²) in [6.07, 6.45) is 1.05. The van der Waals surface area contributed by atoms with Gasteiger partial charge in [0, 0.05) is 26.1 Å². The minimum absolute atomic E-state index is 0.0698. The minimum Gasteiger partial charge on any atom is -0.333 e. The second-order valence-corrected chi connectivity index (χ2v) is 10.8.